The molecule has 3 aromatic carbocycles. The van der Waals surface area contributed by atoms with Crippen LogP contribution in [0.1, 0.15) is 11.1 Å². The number of nitro benzene ring substituents is 1. The van der Waals surface area contributed by atoms with Crippen LogP contribution < -0.4 is 5.32 Å². The lowest BCUT2D eigenvalue weighted by atomic mass is 10.2. The van der Waals surface area contributed by atoms with Gasteiger partial charge in [-0.1, -0.05) is 60.7 Å². The van der Waals surface area contributed by atoms with Gasteiger partial charge in [-0.05, 0) is 23.3 Å². The van der Waals surface area contributed by atoms with Crippen LogP contribution in [0.3, 0.4) is 0 Å². The van der Waals surface area contributed by atoms with Crippen molar-refractivity contribution in [1.82, 2.24) is 5.32 Å². The van der Waals surface area contributed by atoms with E-state index in [0.29, 0.717) is 0 Å². The van der Waals surface area contributed by atoms with Gasteiger partial charge in [0.25, 0.3) is 5.69 Å². The number of rotatable bonds is 5. The van der Waals surface area contributed by atoms with Crippen molar-refractivity contribution in [3.8, 4) is 0 Å². The van der Waals surface area contributed by atoms with Gasteiger partial charge in [0.2, 0.25) is 0 Å². The molecule has 0 aromatic heterocycles. The quantitative estimate of drug-likeness (QED) is 0.392. The molecule has 0 aliphatic heterocycles. The molecule has 0 spiro atoms. The second-order valence-electron chi connectivity index (χ2n) is 5.35. The third-order valence-corrected chi connectivity index (χ3v) is 3.70. The van der Waals surface area contributed by atoms with E-state index in [9.17, 15) is 10.1 Å². The summed E-state index contributed by atoms with van der Waals surface area (Å²) in [5.41, 5.74) is 2.75. The highest BCUT2D eigenvalue weighted by Gasteiger charge is 2.01. The molecule has 0 fully saturated rings. The van der Waals surface area contributed by atoms with Crippen LogP contribution in [0.2, 0.25) is 0 Å². The lowest BCUT2D eigenvalue weighted by Gasteiger charge is -2.04. The second kappa shape index (κ2) is 10.3. The van der Waals surface area contributed by atoms with Gasteiger partial charge in [-0.3, -0.25) is 10.1 Å². The number of non-ortho nitro benzene ring substituents is 1. The number of hydrogen-bond donors (Lipinski definition) is 2. The van der Waals surface area contributed by atoms with Crippen molar-refractivity contribution in [2.24, 2.45) is 0 Å². The molecule has 5 heteroatoms. The Morgan fingerprint density at radius 2 is 1.20 bits per heavy atom. The Morgan fingerprint density at radius 3 is 1.60 bits per heavy atom. The molecule has 4 nitrogen and oxygen atoms in total. The van der Waals surface area contributed by atoms with Crippen molar-refractivity contribution in [2.45, 2.75) is 18.0 Å². The molecule has 0 heterocycles. The van der Waals surface area contributed by atoms with E-state index in [1.165, 1.54) is 23.3 Å². The van der Waals surface area contributed by atoms with Crippen molar-refractivity contribution in [3.63, 3.8) is 0 Å². The SMILES string of the molecule is O=[N+]([O-])c1ccc(S)cc1.c1ccc(CNCc2ccccc2)cc1. The van der Waals surface area contributed by atoms with E-state index in [4.69, 9.17) is 0 Å². The van der Waals surface area contributed by atoms with Gasteiger partial charge in [0.1, 0.15) is 0 Å². The normalized spacial score (nSPS) is 9.80. The van der Waals surface area contributed by atoms with Crippen molar-refractivity contribution >= 4 is 18.3 Å². The highest BCUT2D eigenvalue weighted by atomic mass is 32.1. The summed E-state index contributed by atoms with van der Waals surface area (Å²) < 4.78 is 0. The summed E-state index contributed by atoms with van der Waals surface area (Å²) in [4.78, 5) is 10.4. The fourth-order valence-electron chi connectivity index (χ4n) is 2.12. The number of nitrogens with one attached hydrogen (secondary N) is 1. The standard InChI is InChI=1S/C14H15N.C6H5NO2S/c1-3-7-13(8-4-1)11-15-12-14-9-5-2-6-10-14;8-7(9)5-1-3-6(10)4-2-5/h1-10,15H,11-12H2;1-4,10H. The smallest absolute Gasteiger partial charge is 0.269 e. The Bertz CT molecular complexity index is 723. The molecular formula is C20H20N2O2S. The Kier molecular flexibility index (Phi) is 7.69. The number of hydrogen-bond acceptors (Lipinski definition) is 4. The fraction of sp³-hybridized carbons (Fsp3) is 0.100. The first kappa shape index (κ1) is 18.7. The molecule has 0 atom stereocenters. The zero-order valence-corrected chi connectivity index (χ0v) is 14.6. The van der Waals surface area contributed by atoms with Crippen LogP contribution in [-0.4, -0.2) is 4.92 Å². The second-order valence-corrected chi connectivity index (χ2v) is 5.86. The molecule has 0 aliphatic carbocycles. The lowest BCUT2D eigenvalue weighted by Crippen LogP contribution is -2.12. The van der Waals surface area contributed by atoms with E-state index in [0.717, 1.165) is 18.0 Å². The zero-order chi connectivity index (χ0) is 17.9. The Hall–Kier alpha value is -2.63. The van der Waals surface area contributed by atoms with Crippen molar-refractivity contribution < 1.29 is 4.92 Å². The van der Waals surface area contributed by atoms with Crippen LogP contribution in [0.4, 0.5) is 5.69 Å². The summed E-state index contributed by atoms with van der Waals surface area (Å²) in [6.45, 7) is 1.85. The van der Waals surface area contributed by atoms with Crippen molar-refractivity contribution in [2.75, 3.05) is 0 Å². The van der Waals surface area contributed by atoms with Gasteiger partial charge < -0.3 is 5.32 Å². The topological polar surface area (TPSA) is 55.2 Å². The van der Waals surface area contributed by atoms with Gasteiger partial charge in [-0.15, -0.1) is 12.6 Å². The average molecular weight is 352 g/mol. The zero-order valence-electron chi connectivity index (χ0n) is 13.7. The number of benzene rings is 3. The van der Waals surface area contributed by atoms with E-state index in [2.05, 4.69) is 66.5 Å². The minimum atomic E-state index is -0.437. The molecule has 0 bridgehead atoms. The monoisotopic (exact) mass is 352 g/mol. The Balaban J connectivity index is 0.000000196. The number of nitro groups is 1. The first-order valence-corrected chi connectivity index (χ1v) is 8.32. The van der Waals surface area contributed by atoms with E-state index in [1.807, 2.05) is 12.1 Å². The molecule has 3 rings (SSSR count). The molecule has 1 N–H and O–H groups in total. The van der Waals surface area contributed by atoms with Gasteiger partial charge in [0.05, 0.1) is 4.92 Å². The predicted molar refractivity (Wildman–Crippen MR) is 104 cm³/mol. The van der Waals surface area contributed by atoms with Crippen LogP contribution in [0.5, 0.6) is 0 Å². The largest absolute Gasteiger partial charge is 0.309 e. The maximum absolute atomic E-state index is 10.1. The van der Waals surface area contributed by atoms with E-state index in [-0.39, 0.29) is 5.69 Å². The van der Waals surface area contributed by atoms with Crippen LogP contribution in [-0.2, 0) is 13.1 Å². The minimum Gasteiger partial charge on any atom is -0.309 e. The first-order valence-electron chi connectivity index (χ1n) is 7.87. The molecule has 0 saturated carbocycles. The maximum atomic E-state index is 10.1. The Labute approximate surface area is 153 Å². The van der Waals surface area contributed by atoms with Crippen molar-refractivity contribution in [1.29, 1.82) is 0 Å². The van der Waals surface area contributed by atoms with Gasteiger partial charge in [-0.25, -0.2) is 0 Å². The van der Waals surface area contributed by atoms with Crippen LogP contribution in [0.15, 0.2) is 89.8 Å². The first-order chi connectivity index (χ1) is 12.1. The Morgan fingerprint density at radius 1 is 0.760 bits per heavy atom. The molecule has 0 amide bonds. The average Bonchev–Trinajstić information content (AvgIpc) is 2.64. The minimum absolute atomic E-state index is 0.0952. The summed E-state index contributed by atoms with van der Waals surface area (Å²) in [7, 11) is 0. The van der Waals surface area contributed by atoms with E-state index in [1.54, 1.807) is 12.1 Å². The van der Waals surface area contributed by atoms with Gasteiger partial charge in [0, 0.05) is 30.1 Å². The third kappa shape index (κ3) is 7.20. The molecule has 0 unspecified atom stereocenters. The van der Waals surface area contributed by atoms with Crippen LogP contribution in [0.25, 0.3) is 0 Å². The molecule has 0 radical (unpaired) electrons. The molecule has 3 aromatic rings. The molecule has 128 valence electrons. The summed E-state index contributed by atoms with van der Waals surface area (Å²) in [6.07, 6.45) is 0. The summed E-state index contributed by atoms with van der Waals surface area (Å²) in [5, 5.41) is 13.5. The highest BCUT2D eigenvalue weighted by Crippen LogP contribution is 2.13. The van der Waals surface area contributed by atoms with Gasteiger partial charge >= 0.3 is 0 Å². The van der Waals surface area contributed by atoms with Crippen LogP contribution in [0, 0.1) is 10.1 Å². The van der Waals surface area contributed by atoms with Crippen molar-refractivity contribution in [3.05, 3.63) is 106 Å². The lowest BCUT2D eigenvalue weighted by molar-refractivity contribution is -0.384. The molecule has 25 heavy (non-hydrogen) atoms. The highest BCUT2D eigenvalue weighted by molar-refractivity contribution is 7.80. The summed E-state index contributed by atoms with van der Waals surface area (Å²) in [5.74, 6) is 0. The van der Waals surface area contributed by atoms with E-state index < -0.39 is 4.92 Å². The fourth-order valence-corrected chi connectivity index (χ4v) is 2.27. The third-order valence-electron chi connectivity index (χ3n) is 3.40. The van der Waals surface area contributed by atoms with Gasteiger partial charge in [0.15, 0.2) is 0 Å². The van der Waals surface area contributed by atoms with Crippen LogP contribution >= 0.6 is 12.6 Å². The summed E-state index contributed by atoms with van der Waals surface area (Å²) in [6, 6.07) is 26.9. The summed E-state index contributed by atoms with van der Waals surface area (Å²) >= 11 is 3.98. The molecule has 0 aliphatic rings. The molecular weight excluding hydrogens is 332 g/mol. The predicted octanol–water partition coefficient (Wildman–Crippen LogP) is 4.86. The number of thiol groups is 1. The number of nitrogens with zero attached hydrogens (tertiary/aromatic N) is 1. The van der Waals surface area contributed by atoms with Gasteiger partial charge in [-0.2, -0.15) is 0 Å². The molecule has 0 saturated heterocycles. The maximum Gasteiger partial charge on any atom is 0.269 e. The van der Waals surface area contributed by atoms with E-state index >= 15 is 0 Å².